The van der Waals surface area contributed by atoms with E-state index in [0.717, 1.165) is 31.4 Å². The molecular weight excluding hydrogens is 236 g/mol. The van der Waals surface area contributed by atoms with Crippen LogP contribution in [-0.2, 0) is 10.2 Å². The summed E-state index contributed by atoms with van der Waals surface area (Å²) < 4.78 is 5.43. The van der Waals surface area contributed by atoms with Crippen LogP contribution in [0, 0.1) is 0 Å². The second kappa shape index (κ2) is 5.36. The summed E-state index contributed by atoms with van der Waals surface area (Å²) in [7, 11) is 1.71. The summed E-state index contributed by atoms with van der Waals surface area (Å²) in [4.78, 5) is 12.2. The van der Waals surface area contributed by atoms with Crippen molar-refractivity contribution in [3.63, 3.8) is 0 Å². The first-order valence-electron chi connectivity index (χ1n) is 7.21. The Morgan fingerprint density at radius 2 is 1.89 bits per heavy atom. The van der Waals surface area contributed by atoms with Crippen LogP contribution in [-0.4, -0.2) is 12.9 Å². The van der Waals surface area contributed by atoms with Gasteiger partial charge in [0.05, 0.1) is 12.5 Å². The topological polar surface area (TPSA) is 26.3 Å². The normalized spacial score (nSPS) is 17.7. The molecule has 1 saturated carbocycles. The average molecular weight is 260 g/mol. The van der Waals surface area contributed by atoms with E-state index >= 15 is 0 Å². The Morgan fingerprint density at radius 3 is 2.37 bits per heavy atom. The van der Waals surface area contributed by atoms with Gasteiger partial charge in [-0.1, -0.05) is 38.8 Å². The van der Waals surface area contributed by atoms with Crippen LogP contribution in [0.25, 0.3) is 0 Å². The molecule has 2 nitrogen and oxygen atoms in total. The maximum absolute atomic E-state index is 12.2. The van der Waals surface area contributed by atoms with E-state index in [2.05, 4.69) is 26.0 Å². The fraction of sp³-hybridized carbons (Fsp3) is 0.588. The van der Waals surface area contributed by atoms with Gasteiger partial charge in [-0.25, -0.2) is 0 Å². The Morgan fingerprint density at radius 1 is 1.26 bits per heavy atom. The molecule has 0 radical (unpaired) electrons. The van der Waals surface area contributed by atoms with Crippen molar-refractivity contribution >= 4 is 5.78 Å². The zero-order valence-electron chi connectivity index (χ0n) is 12.5. The number of carbonyl (C=O) groups excluding carboxylic acids is 1. The summed E-state index contributed by atoms with van der Waals surface area (Å²) >= 11 is 0. The van der Waals surface area contributed by atoms with Gasteiger partial charge in [-0.3, -0.25) is 4.79 Å². The number of carbonyl (C=O) groups is 1. The number of hydrogen-bond donors (Lipinski definition) is 0. The minimum absolute atomic E-state index is 0.240. The van der Waals surface area contributed by atoms with Crippen LogP contribution < -0.4 is 4.74 Å². The van der Waals surface area contributed by atoms with Crippen LogP contribution in [0.2, 0.25) is 0 Å². The highest BCUT2D eigenvalue weighted by molar-refractivity contribution is 5.88. The van der Waals surface area contributed by atoms with Crippen molar-refractivity contribution in [3.05, 3.63) is 29.3 Å². The number of hydrogen-bond acceptors (Lipinski definition) is 2. The van der Waals surface area contributed by atoms with Gasteiger partial charge in [0.2, 0.25) is 0 Å². The highest BCUT2D eigenvalue weighted by atomic mass is 16.5. The lowest BCUT2D eigenvalue weighted by molar-refractivity contribution is -0.122. The van der Waals surface area contributed by atoms with Gasteiger partial charge in [-0.05, 0) is 42.9 Å². The van der Waals surface area contributed by atoms with E-state index in [-0.39, 0.29) is 5.41 Å². The maximum Gasteiger partial charge on any atom is 0.140 e. The summed E-state index contributed by atoms with van der Waals surface area (Å²) in [6, 6.07) is 6.29. The SMILES string of the molecule is COc1ccc(C2(C(C)=O)CCCC2)cc1C(C)C. The second-order valence-corrected chi connectivity index (χ2v) is 5.96. The molecule has 1 aromatic rings. The molecule has 0 aromatic heterocycles. The van der Waals surface area contributed by atoms with Crippen LogP contribution in [0.3, 0.4) is 0 Å². The molecule has 0 amide bonds. The fourth-order valence-corrected chi connectivity index (χ4v) is 3.31. The molecule has 0 unspecified atom stereocenters. The van der Waals surface area contributed by atoms with Gasteiger partial charge in [-0.15, -0.1) is 0 Å². The summed E-state index contributed by atoms with van der Waals surface area (Å²) in [5.74, 6) is 1.64. The Kier molecular flexibility index (Phi) is 3.98. The predicted molar refractivity (Wildman–Crippen MR) is 77.9 cm³/mol. The van der Waals surface area contributed by atoms with Crippen LogP contribution in [0.5, 0.6) is 5.75 Å². The molecule has 2 rings (SSSR count). The third-order valence-corrected chi connectivity index (χ3v) is 4.54. The minimum atomic E-state index is -0.240. The molecule has 0 heterocycles. The summed E-state index contributed by atoms with van der Waals surface area (Å²) in [5.41, 5.74) is 2.14. The Balaban J connectivity index is 2.50. The third-order valence-electron chi connectivity index (χ3n) is 4.54. The Hall–Kier alpha value is -1.31. The lowest BCUT2D eigenvalue weighted by Gasteiger charge is -2.28. The van der Waals surface area contributed by atoms with Crippen molar-refractivity contribution in [1.29, 1.82) is 0 Å². The largest absolute Gasteiger partial charge is 0.496 e. The van der Waals surface area contributed by atoms with Crippen LogP contribution in [0.1, 0.15) is 63.5 Å². The van der Waals surface area contributed by atoms with E-state index in [9.17, 15) is 4.79 Å². The van der Waals surface area contributed by atoms with Crippen molar-refractivity contribution in [2.45, 2.75) is 57.8 Å². The molecule has 0 spiro atoms. The fourth-order valence-electron chi connectivity index (χ4n) is 3.31. The third kappa shape index (κ3) is 2.41. The highest BCUT2D eigenvalue weighted by Gasteiger charge is 2.40. The molecule has 0 saturated heterocycles. The summed E-state index contributed by atoms with van der Waals surface area (Å²) in [5, 5.41) is 0. The van der Waals surface area contributed by atoms with Crippen LogP contribution >= 0.6 is 0 Å². The number of Topliss-reactive ketones (excluding diaryl/α,β-unsaturated/α-hetero) is 1. The first kappa shape index (κ1) is 14.1. The molecule has 1 fully saturated rings. The van der Waals surface area contributed by atoms with Gasteiger partial charge in [-0.2, -0.15) is 0 Å². The van der Waals surface area contributed by atoms with Gasteiger partial charge in [0.25, 0.3) is 0 Å². The molecule has 0 bridgehead atoms. The average Bonchev–Trinajstić information content (AvgIpc) is 2.88. The number of ketones is 1. The number of rotatable bonds is 4. The van der Waals surface area contributed by atoms with E-state index < -0.39 is 0 Å². The van der Waals surface area contributed by atoms with E-state index in [1.54, 1.807) is 14.0 Å². The van der Waals surface area contributed by atoms with E-state index in [0.29, 0.717) is 11.7 Å². The number of methoxy groups -OCH3 is 1. The van der Waals surface area contributed by atoms with Crippen LogP contribution in [0.15, 0.2) is 18.2 Å². The van der Waals surface area contributed by atoms with Crippen LogP contribution in [0.4, 0.5) is 0 Å². The number of ether oxygens (including phenoxy) is 1. The first-order chi connectivity index (χ1) is 9.01. The second-order valence-electron chi connectivity index (χ2n) is 5.96. The van der Waals surface area contributed by atoms with Crippen molar-refractivity contribution in [2.24, 2.45) is 0 Å². The molecule has 0 N–H and O–H groups in total. The summed E-state index contributed by atoms with van der Waals surface area (Å²) in [6.07, 6.45) is 4.30. The van der Waals surface area contributed by atoms with E-state index in [1.807, 2.05) is 6.07 Å². The Labute approximate surface area is 116 Å². The number of benzene rings is 1. The summed E-state index contributed by atoms with van der Waals surface area (Å²) in [6.45, 7) is 6.07. The van der Waals surface area contributed by atoms with Crippen molar-refractivity contribution in [1.82, 2.24) is 0 Å². The standard InChI is InChI=1S/C17H24O2/c1-12(2)15-11-14(7-8-16(15)19-4)17(13(3)18)9-5-6-10-17/h7-8,11-12H,5-6,9-10H2,1-4H3. The van der Waals surface area contributed by atoms with Gasteiger partial charge in [0.15, 0.2) is 0 Å². The van der Waals surface area contributed by atoms with Gasteiger partial charge < -0.3 is 4.74 Å². The van der Waals surface area contributed by atoms with E-state index in [4.69, 9.17) is 4.74 Å². The van der Waals surface area contributed by atoms with E-state index in [1.165, 1.54) is 11.1 Å². The zero-order valence-corrected chi connectivity index (χ0v) is 12.5. The molecule has 1 aliphatic rings. The molecule has 1 aliphatic carbocycles. The molecule has 2 heteroatoms. The van der Waals surface area contributed by atoms with Gasteiger partial charge >= 0.3 is 0 Å². The van der Waals surface area contributed by atoms with Gasteiger partial charge in [0.1, 0.15) is 11.5 Å². The quantitative estimate of drug-likeness (QED) is 0.810. The molecule has 19 heavy (non-hydrogen) atoms. The predicted octanol–water partition coefficient (Wildman–Crippen LogP) is 4.22. The molecule has 0 aliphatic heterocycles. The first-order valence-corrected chi connectivity index (χ1v) is 7.21. The molecule has 104 valence electrons. The monoisotopic (exact) mass is 260 g/mol. The smallest absolute Gasteiger partial charge is 0.140 e. The lowest BCUT2D eigenvalue weighted by Crippen LogP contribution is -2.30. The molecule has 0 atom stereocenters. The van der Waals surface area contributed by atoms with Gasteiger partial charge in [0, 0.05) is 0 Å². The van der Waals surface area contributed by atoms with Crippen molar-refractivity contribution in [3.8, 4) is 5.75 Å². The Bertz CT molecular complexity index is 468. The highest BCUT2D eigenvalue weighted by Crippen LogP contribution is 2.43. The zero-order chi connectivity index (χ0) is 14.0. The minimum Gasteiger partial charge on any atom is -0.496 e. The lowest BCUT2D eigenvalue weighted by atomic mass is 9.75. The molecular formula is C17H24O2. The van der Waals surface area contributed by atoms with Crippen molar-refractivity contribution in [2.75, 3.05) is 7.11 Å². The molecule has 1 aromatic carbocycles. The maximum atomic E-state index is 12.2. The van der Waals surface area contributed by atoms with Crippen molar-refractivity contribution < 1.29 is 9.53 Å².